The molecule has 20 heavy (non-hydrogen) atoms. The summed E-state index contributed by atoms with van der Waals surface area (Å²) in [6, 6.07) is 6.88. The maximum Gasteiger partial charge on any atom is 0.227 e. The summed E-state index contributed by atoms with van der Waals surface area (Å²) >= 11 is 0. The Balaban J connectivity index is 1.91. The maximum absolute atomic E-state index is 12.3. The van der Waals surface area contributed by atoms with E-state index < -0.39 is 0 Å². The number of rotatable bonds is 2. The van der Waals surface area contributed by atoms with Gasteiger partial charge in [-0.2, -0.15) is 0 Å². The van der Waals surface area contributed by atoms with Crippen LogP contribution in [-0.2, 0) is 4.79 Å². The number of nitrogens with one attached hydrogen (secondary N) is 1. The molecule has 2 rings (SSSR count). The molecule has 110 valence electrons. The highest BCUT2D eigenvalue weighted by molar-refractivity contribution is 5.93. The minimum atomic E-state index is 0.0406. The van der Waals surface area contributed by atoms with E-state index in [0.29, 0.717) is 17.0 Å². The number of hydrogen-bond acceptors (Lipinski definition) is 2. The molecule has 0 aromatic heterocycles. The number of carbonyl (C=O) groups excluding carboxylic acids is 1. The van der Waals surface area contributed by atoms with Gasteiger partial charge in [-0.3, -0.25) is 4.79 Å². The summed E-state index contributed by atoms with van der Waals surface area (Å²) in [5, 5.41) is 12.5. The van der Waals surface area contributed by atoms with E-state index in [9.17, 15) is 9.90 Å². The Morgan fingerprint density at radius 3 is 2.30 bits per heavy atom. The molecule has 0 atom stereocenters. The van der Waals surface area contributed by atoms with E-state index in [-0.39, 0.29) is 17.6 Å². The van der Waals surface area contributed by atoms with Gasteiger partial charge < -0.3 is 10.4 Å². The highest BCUT2D eigenvalue weighted by Crippen LogP contribution is 2.40. The van der Waals surface area contributed by atoms with E-state index >= 15 is 0 Å². The topological polar surface area (TPSA) is 49.3 Å². The molecule has 0 heterocycles. The van der Waals surface area contributed by atoms with Crippen molar-refractivity contribution in [1.29, 1.82) is 0 Å². The predicted molar refractivity (Wildman–Crippen MR) is 81.6 cm³/mol. The largest absolute Gasteiger partial charge is 0.506 e. The molecule has 1 amide bonds. The maximum atomic E-state index is 12.3. The van der Waals surface area contributed by atoms with Crippen LogP contribution in [0.5, 0.6) is 5.75 Å². The number of hydrogen-bond donors (Lipinski definition) is 2. The zero-order chi connectivity index (χ0) is 14.8. The Hall–Kier alpha value is -1.51. The summed E-state index contributed by atoms with van der Waals surface area (Å²) in [6.07, 6.45) is 4.12. The van der Waals surface area contributed by atoms with Crippen molar-refractivity contribution in [1.82, 2.24) is 0 Å². The zero-order valence-corrected chi connectivity index (χ0v) is 12.6. The second-order valence-corrected chi connectivity index (χ2v) is 6.92. The van der Waals surface area contributed by atoms with Crippen molar-refractivity contribution < 1.29 is 9.90 Å². The highest BCUT2D eigenvalue weighted by Gasteiger charge is 2.32. The normalized spacial score (nSPS) is 23.4. The summed E-state index contributed by atoms with van der Waals surface area (Å²) in [7, 11) is 0. The number of phenolic OH excluding ortho intramolecular Hbond substituents is 1. The number of para-hydroxylation sites is 2. The lowest BCUT2D eigenvalue weighted by molar-refractivity contribution is -0.121. The van der Waals surface area contributed by atoms with Gasteiger partial charge in [0.1, 0.15) is 5.75 Å². The van der Waals surface area contributed by atoms with Crippen molar-refractivity contribution in [3.63, 3.8) is 0 Å². The van der Waals surface area contributed by atoms with Crippen molar-refractivity contribution in [2.75, 3.05) is 5.32 Å². The fraction of sp³-hybridized carbons (Fsp3) is 0.588. The van der Waals surface area contributed by atoms with Crippen LogP contribution in [0.15, 0.2) is 24.3 Å². The lowest BCUT2D eigenvalue weighted by Gasteiger charge is -2.36. The van der Waals surface area contributed by atoms with E-state index in [2.05, 4.69) is 26.1 Å². The average Bonchev–Trinajstić information content (AvgIpc) is 2.40. The van der Waals surface area contributed by atoms with Crippen molar-refractivity contribution in [2.24, 2.45) is 17.3 Å². The van der Waals surface area contributed by atoms with Gasteiger partial charge in [-0.25, -0.2) is 0 Å². The van der Waals surface area contributed by atoms with Crippen LogP contribution in [0, 0.1) is 17.3 Å². The highest BCUT2D eigenvalue weighted by atomic mass is 16.3. The van der Waals surface area contributed by atoms with Crippen LogP contribution in [0.25, 0.3) is 0 Å². The number of benzene rings is 1. The molecule has 1 aromatic carbocycles. The minimum absolute atomic E-state index is 0.0406. The SMILES string of the molecule is CC(C)(C)C1CCC(C(=O)Nc2ccccc2O)CC1. The van der Waals surface area contributed by atoms with Gasteiger partial charge in [0.25, 0.3) is 0 Å². The molecule has 0 saturated heterocycles. The molecule has 1 aromatic rings. The molecule has 1 fully saturated rings. The third-order valence-electron chi connectivity index (χ3n) is 4.48. The first-order valence-corrected chi connectivity index (χ1v) is 7.47. The Morgan fingerprint density at radius 1 is 1.15 bits per heavy atom. The van der Waals surface area contributed by atoms with Crippen LogP contribution in [0.3, 0.4) is 0 Å². The smallest absolute Gasteiger partial charge is 0.227 e. The molecule has 0 unspecified atom stereocenters. The molecule has 1 saturated carbocycles. The molecule has 0 aliphatic heterocycles. The predicted octanol–water partition coefficient (Wildman–Crippen LogP) is 4.18. The number of phenols is 1. The molecule has 0 radical (unpaired) electrons. The second-order valence-electron chi connectivity index (χ2n) is 6.92. The zero-order valence-electron chi connectivity index (χ0n) is 12.6. The molecule has 0 bridgehead atoms. The van der Waals surface area contributed by atoms with Gasteiger partial charge in [0.05, 0.1) is 5.69 Å². The fourth-order valence-electron chi connectivity index (χ4n) is 3.04. The van der Waals surface area contributed by atoms with Crippen LogP contribution in [-0.4, -0.2) is 11.0 Å². The monoisotopic (exact) mass is 275 g/mol. The summed E-state index contributed by atoms with van der Waals surface area (Å²) in [4.78, 5) is 12.3. The quantitative estimate of drug-likeness (QED) is 0.795. The van der Waals surface area contributed by atoms with Crippen LogP contribution in [0.2, 0.25) is 0 Å². The average molecular weight is 275 g/mol. The molecule has 1 aliphatic rings. The second kappa shape index (κ2) is 5.86. The van der Waals surface area contributed by atoms with Crippen molar-refractivity contribution >= 4 is 11.6 Å². The van der Waals surface area contributed by atoms with E-state index in [1.54, 1.807) is 18.2 Å². The Bertz CT molecular complexity index is 468. The van der Waals surface area contributed by atoms with Crippen LogP contribution >= 0.6 is 0 Å². The molecular formula is C17H25NO2. The van der Waals surface area contributed by atoms with Gasteiger partial charge in [-0.1, -0.05) is 32.9 Å². The third kappa shape index (κ3) is 3.53. The minimum Gasteiger partial charge on any atom is -0.506 e. The number of amides is 1. The lowest BCUT2D eigenvalue weighted by Crippen LogP contribution is -2.31. The molecule has 3 nitrogen and oxygen atoms in total. The van der Waals surface area contributed by atoms with E-state index in [1.165, 1.54) is 0 Å². The van der Waals surface area contributed by atoms with Crippen molar-refractivity contribution in [3.05, 3.63) is 24.3 Å². The Labute approximate surface area is 121 Å². The Morgan fingerprint density at radius 2 is 1.75 bits per heavy atom. The molecule has 3 heteroatoms. The summed E-state index contributed by atoms with van der Waals surface area (Å²) in [5.41, 5.74) is 0.842. The number of anilines is 1. The molecule has 1 aliphatic carbocycles. The van der Waals surface area contributed by atoms with Crippen LogP contribution in [0.4, 0.5) is 5.69 Å². The molecule has 2 N–H and O–H groups in total. The van der Waals surface area contributed by atoms with Gasteiger partial charge in [-0.15, -0.1) is 0 Å². The van der Waals surface area contributed by atoms with Gasteiger partial charge in [0.15, 0.2) is 0 Å². The molecule has 0 spiro atoms. The lowest BCUT2D eigenvalue weighted by atomic mass is 9.69. The first kappa shape index (κ1) is 14.9. The van der Waals surface area contributed by atoms with Gasteiger partial charge in [-0.05, 0) is 49.1 Å². The van der Waals surface area contributed by atoms with E-state index in [4.69, 9.17) is 0 Å². The van der Waals surface area contributed by atoms with Crippen LogP contribution in [0.1, 0.15) is 46.5 Å². The van der Waals surface area contributed by atoms with E-state index in [0.717, 1.165) is 25.7 Å². The summed E-state index contributed by atoms with van der Waals surface area (Å²) in [6.45, 7) is 6.83. The summed E-state index contributed by atoms with van der Waals surface area (Å²) in [5.74, 6) is 0.952. The number of carbonyl (C=O) groups is 1. The summed E-state index contributed by atoms with van der Waals surface area (Å²) < 4.78 is 0. The van der Waals surface area contributed by atoms with Crippen molar-refractivity contribution in [3.8, 4) is 5.75 Å². The third-order valence-corrected chi connectivity index (χ3v) is 4.48. The van der Waals surface area contributed by atoms with Crippen LogP contribution < -0.4 is 5.32 Å². The number of aromatic hydroxyl groups is 1. The van der Waals surface area contributed by atoms with Gasteiger partial charge >= 0.3 is 0 Å². The first-order valence-electron chi connectivity index (χ1n) is 7.47. The van der Waals surface area contributed by atoms with Gasteiger partial charge in [0.2, 0.25) is 5.91 Å². The van der Waals surface area contributed by atoms with Crippen molar-refractivity contribution in [2.45, 2.75) is 46.5 Å². The van der Waals surface area contributed by atoms with Gasteiger partial charge in [0, 0.05) is 5.92 Å². The fourth-order valence-corrected chi connectivity index (χ4v) is 3.04. The Kier molecular flexibility index (Phi) is 4.36. The van der Waals surface area contributed by atoms with E-state index in [1.807, 2.05) is 6.07 Å². The molecular weight excluding hydrogens is 250 g/mol. The standard InChI is InChI=1S/C17H25NO2/c1-17(2,3)13-10-8-12(9-11-13)16(20)18-14-6-4-5-7-15(14)19/h4-7,12-13,19H,8-11H2,1-3H3,(H,18,20). The first-order chi connectivity index (χ1) is 9.38.